The van der Waals surface area contributed by atoms with E-state index in [1.54, 1.807) is 0 Å². The third-order valence-corrected chi connectivity index (χ3v) is 2.09. The Hall–Kier alpha value is -1.72. The molecule has 13 heavy (non-hydrogen) atoms. The van der Waals surface area contributed by atoms with Crippen LogP contribution < -0.4 is 22.3 Å². The van der Waals surface area contributed by atoms with Gasteiger partial charge in [-0.25, -0.2) is 4.79 Å². The number of aromatic nitrogens is 2. The first kappa shape index (κ1) is 7.90. The second-order valence-electron chi connectivity index (χ2n) is 2.95. The summed E-state index contributed by atoms with van der Waals surface area (Å²) in [5, 5.41) is 2.93. The Morgan fingerprint density at radius 3 is 2.92 bits per heavy atom. The van der Waals surface area contributed by atoms with E-state index in [0.717, 1.165) is 13.0 Å². The molecule has 0 saturated heterocycles. The van der Waals surface area contributed by atoms with E-state index in [9.17, 15) is 9.59 Å². The molecule has 1 aromatic rings. The number of rotatable bonds is 0. The van der Waals surface area contributed by atoms with Gasteiger partial charge in [0.15, 0.2) is 0 Å². The molecule has 0 aromatic carbocycles. The van der Waals surface area contributed by atoms with E-state index < -0.39 is 11.2 Å². The van der Waals surface area contributed by atoms with Gasteiger partial charge in [-0.15, -0.1) is 0 Å². The molecule has 1 aromatic heterocycles. The number of nitrogen functional groups attached to an aromatic ring is 1. The molecule has 2 heterocycles. The van der Waals surface area contributed by atoms with Gasteiger partial charge >= 0.3 is 5.69 Å². The Morgan fingerprint density at radius 1 is 1.38 bits per heavy atom. The van der Waals surface area contributed by atoms with E-state index in [-0.39, 0.29) is 5.69 Å². The summed E-state index contributed by atoms with van der Waals surface area (Å²) in [4.78, 5) is 24.5. The van der Waals surface area contributed by atoms with Crippen molar-refractivity contribution in [2.24, 2.45) is 0 Å². The fraction of sp³-hybridized carbons (Fsp3) is 0.429. The van der Waals surface area contributed by atoms with Crippen molar-refractivity contribution >= 4 is 11.5 Å². The Kier molecular flexibility index (Phi) is 1.61. The molecule has 0 amide bonds. The topological polar surface area (TPSA) is 92.9 Å². The van der Waals surface area contributed by atoms with Crippen molar-refractivity contribution in [3.63, 3.8) is 0 Å². The van der Waals surface area contributed by atoms with Gasteiger partial charge in [-0.1, -0.05) is 0 Å². The summed E-state index contributed by atoms with van der Waals surface area (Å²) < 4.78 is 1.44. The predicted molar refractivity (Wildman–Crippen MR) is 48.8 cm³/mol. The molecule has 0 atom stereocenters. The van der Waals surface area contributed by atoms with Gasteiger partial charge in [-0.2, -0.15) is 0 Å². The highest BCUT2D eigenvalue weighted by Gasteiger charge is 2.14. The van der Waals surface area contributed by atoms with Crippen molar-refractivity contribution in [3.05, 3.63) is 20.8 Å². The van der Waals surface area contributed by atoms with Gasteiger partial charge in [0.1, 0.15) is 11.5 Å². The van der Waals surface area contributed by atoms with Gasteiger partial charge < -0.3 is 11.1 Å². The van der Waals surface area contributed by atoms with Crippen LogP contribution in [0.4, 0.5) is 11.5 Å². The van der Waals surface area contributed by atoms with E-state index in [1.807, 2.05) is 0 Å². The number of fused-ring (bicyclic) bond motifs is 1. The SMILES string of the molecule is Nc1c2n(c(=O)[nH]c1=O)CCCN2. The molecule has 6 nitrogen and oxygen atoms in total. The number of aromatic amines is 1. The monoisotopic (exact) mass is 182 g/mol. The highest BCUT2D eigenvalue weighted by molar-refractivity contribution is 5.60. The Labute approximate surface area is 73.4 Å². The fourth-order valence-corrected chi connectivity index (χ4v) is 1.43. The van der Waals surface area contributed by atoms with Crippen LogP contribution in [0.3, 0.4) is 0 Å². The highest BCUT2D eigenvalue weighted by Crippen LogP contribution is 2.14. The average Bonchev–Trinajstić information content (AvgIpc) is 2.15. The number of hydrogen-bond donors (Lipinski definition) is 3. The molecule has 0 saturated carbocycles. The van der Waals surface area contributed by atoms with Gasteiger partial charge in [0, 0.05) is 13.1 Å². The van der Waals surface area contributed by atoms with E-state index in [0.29, 0.717) is 12.4 Å². The number of hydrogen-bond acceptors (Lipinski definition) is 4. The van der Waals surface area contributed by atoms with E-state index in [1.165, 1.54) is 4.57 Å². The van der Waals surface area contributed by atoms with Crippen LogP contribution in [-0.4, -0.2) is 16.1 Å². The molecule has 0 unspecified atom stereocenters. The zero-order valence-electron chi connectivity index (χ0n) is 6.96. The highest BCUT2D eigenvalue weighted by atomic mass is 16.2. The van der Waals surface area contributed by atoms with Crippen LogP contribution in [0.1, 0.15) is 6.42 Å². The summed E-state index contributed by atoms with van der Waals surface area (Å²) in [6.45, 7) is 1.34. The fourth-order valence-electron chi connectivity index (χ4n) is 1.43. The second-order valence-corrected chi connectivity index (χ2v) is 2.95. The zero-order chi connectivity index (χ0) is 9.42. The van der Waals surface area contributed by atoms with Crippen molar-refractivity contribution in [1.29, 1.82) is 0 Å². The summed E-state index contributed by atoms with van der Waals surface area (Å²) in [7, 11) is 0. The third-order valence-electron chi connectivity index (χ3n) is 2.09. The molecule has 0 spiro atoms. The number of nitrogens with one attached hydrogen (secondary N) is 2. The summed E-state index contributed by atoms with van der Waals surface area (Å²) in [6.07, 6.45) is 0.860. The van der Waals surface area contributed by atoms with Gasteiger partial charge in [0.2, 0.25) is 0 Å². The molecule has 4 N–H and O–H groups in total. The van der Waals surface area contributed by atoms with Crippen molar-refractivity contribution in [2.75, 3.05) is 17.6 Å². The Balaban J connectivity index is 2.77. The van der Waals surface area contributed by atoms with Gasteiger partial charge in [0.05, 0.1) is 0 Å². The molecular weight excluding hydrogens is 172 g/mol. The van der Waals surface area contributed by atoms with Crippen LogP contribution in [0.5, 0.6) is 0 Å². The maximum absolute atomic E-state index is 11.2. The quantitative estimate of drug-likeness (QED) is 0.476. The zero-order valence-corrected chi connectivity index (χ0v) is 6.96. The van der Waals surface area contributed by atoms with E-state index in [2.05, 4.69) is 10.3 Å². The summed E-state index contributed by atoms with van der Waals surface area (Å²) in [5.41, 5.74) is 4.66. The molecule has 70 valence electrons. The minimum Gasteiger partial charge on any atom is -0.391 e. The first-order valence-electron chi connectivity index (χ1n) is 4.06. The molecule has 2 rings (SSSR count). The summed E-state index contributed by atoms with van der Waals surface area (Å²) >= 11 is 0. The van der Waals surface area contributed by atoms with Crippen LogP contribution in [0.25, 0.3) is 0 Å². The Bertz CT molecular complexity index is 445. The van der Waals surface area contributed by atoms with E-state index >= 15 is 0 Å². The van der Waals surface area contributed by atoms with Crippen LogP contribution in [0.2, 0.25) is 0 Å². The summed E-state index contributed by atoms with van der Waals surface area (Å²) in [6, 6.07) is 0. The van der Waals surface area contributed by atoms with Crippen LogP contribution in [0, 0.1) is 0 Å². The number of H-pyrrole nitrogens is 1. The Morgan fingerprint density at radius 2 is 2.15 bits per heavy atom. The molecule has 0 fully saturated rings. The summed E-state index contributed by atoms with van der Waals surface area (Å²) in [5.74, 6) is 0.444. The molecular formula is C7H10N4O2. The average molecular weight is 182 g/mol. The standard InChI is InChI=1S/C7H10N4O2/c8-4-5-9-2-1-3-11(5)7(13)10-6(4)12/h9H,1-3,8H2,(H,10,12,13). The van der Waals surface area contributed by atoms with Gasteiger partial charge in [-0.05, 0) is 6.42 Å². The maximum Gasteiger partial charge on any atom is 0.330 e. The second kappa shape index (κ2) is 2.65. The van der Waals surface area contributed by atoms with Crippen molar-refractivity contribution < 1.29 is 0 Å². The lowest BCUT2D eigenvalue weighted by atomic mass is 10.3. The number of nitrogens with zero attached hydrogens (tertiary/aromatic N) is 1. The maximum atomic E-state index is 11.2. The first-order chi connectivity index (χ1) is 6.20. The molecule has 0 aliphatic carbocycles. The predicted octanol–water partition coefficient (Wildman–Crippen LogP) is -1.07. The van der Waals surface area contributed by atoms with Crippen LogP contribution >= 0.6 is 0 Å². The molecule has 0 bridgehead atoms. The first-order valence-corrected chi connectivity index (χ1v) is 4.06. The number of anilines is 2. The smallest absolute Gasteiger partial charge is 0.330 e. The molecule has 1 aliphatic rings. The van der Waals surface area contributed by atoms with Crippen molar-refractivity contribution in [3.8, 4) is 0 Å². The minimum atomic E-state index is -0.523. The number of nitrogens with two attached hydrogens (primary N) is 1. The molecule has 0 radical (unpaired) electrons. The lowest BCUT2D eigenvalue weighted by Crippen LogP contribution is -2.37. The lowest BCUT2D eigenvalue weighted by Gasteiger charge is -2.20. The van der Waals surface area contributed by atoms with Gasteiger partial charge in [-0.3, -0.25) is 14.3 Å². The normalized spacial score (nSPS) is 14.8. The molecule has 6 heteroatoms. The van der Waals surface area contributed by atoms with Crippen LogP contribution in [0.15, 0.2) is 9.59 Å². The molecule has 1 aliphatic heterocycles. The van der Waals surface area contributed by atoms with Gasteiger partial charge in [0.25, 0.3) is 5.56 Å². The largest absolute Gasteiger partial charge is 0.391 e. The van der Waals surface area contributed by atoms with E-state index in [4.69, 9.17) is 5.73 Å². The lowest BCUT2D eigenvalue weighted by molar-refractivity contribution is 0.593. The third kappa shape index (κ3) is 1.10. The van der Waals surface area contributed by atoms with Crippen molar-refractivity contribution in [2.45, 2.75) is 13.0 Å². The van der Waals surface area contributed by atoms with Crippen molar-refractivity contribution in [1.82, 2.24) is 9.55 Å². The van der Waals surface area contributed by atoms with Crippen LogP contribution in [-0.2, 0) is 6.54 Å². The minimum absolute atomic E-state index is 0.0827.